The van der Waals surface area contributed by atoms with Crippen molar-refractivity contribution in [1.82, 2.24) is 14.5 Å². The maximum Gasteiger partial charge on any atom is 0.290 e. The number of imidazole rings is 1. The molecule has 0 fully saturated rings. The van der Waals surface area contributed by atoms with Crippen molar-refractivity contribution in [3.63, 3.8) is 0 Å². The molecule has 3 aromatic rings. The van der Waals surface area contributed by atoms with Gasteiger partial charge in [-0.2, -0.15) is 0 Å². The second-order valence-corrected chi connectivity index (χ2v) is 6.14. The van der Waals surface area contributed by atoms with Gasteiger partial charge in [0.2, 0.25) is 5.78 Å². The zero-order valence-corrected chi connectivity index (χ0v) is 14.3. The van der Waals surface area contributed by atoms with Crippen molar-refractivity contribution < 1.29 is 23.5 Å². The zero-order chi connectivity index (χ0) is 18.8. The van der Waals surface area contributed by atoms with Crippen LogP contribution in [-0.2, 0) is 11.3 Å². The number of aliphatic hydroxyl groups is 1. The fourth-order valence-corrected chi connectivity index (χ4v) is 3.24. The largest absolute Gasteiger partial charge is 0.503 e. The predicted molar refractivity (Wildman–Crippen MR) is 92.7 cm³/mol. The van der Waals surface area contributed by atoms with Gasteiger partial charge in [-0.25, -0.2) is 4.98 Å². The molecule has 1 N–H and O–H groups in total. The van der Waals surface area contributed by atoms with Crippen LogP contribution in [-0.4, -0.2) is 37.8 Å². The van der Waals surface area contributed by atoms with Crippen LogP contribution in [0.1, 0.15) is 28.8 Å². The van der Waals surface area contributed by atoms with E-state index in [2.05, 4.69) is 4.98 Å². The lowest BCUT2D eigenvalue weighted by molar-refractivity contribution is -0.129. The summed E-state index contributed by atoms with van der Waals surface area (Å²) in [4.78, 5) is 30.9. The minimum Gasteiger partial charge on any atom is -0.503 e. The molecular formula is C19H17N3O5. The van der Waals surface area contributed by atoms with Gasteiger partial charge in [0.05, 0.1) is 24.4 Å². The Labute approximate surface area is 154 Å². The molecule has 0 unspecified atom stereocenters. The summed E-state index contributed by atoms with van der Waals surface area (Å²) in [5.74, 6) is -1.24. The fraction of sp³-hybridized carbons (Fsp3) is 0.211. The van der Waals surface area contributed by atoms with E-state index in [4.69, 9.17) is 8.83 Å². The maximum absolute atomic E-state index is 12.8. The molecule has 0 bridgehead atoms. The number of rotatable bonds is 7. The number of aliphatic hydroxyl groups excluding tert-OH is 1. The SMILES string of the molecule is O=C(C1=C(O)C(=O)N(CCCn2ccnc2)[C@H]1c1ccco1)c1ccco1. The number of hydrogen-bond acceptors (Lipinski definition) is 6. The standard InChI is InChI=1S/C19H17N3O5/c23-17(14-5-2-11-27-14)15-16(13-4-1-10-26-13)22(19(25)18(15)24)8-3-7-21-9-6-20-12-21/h1-2,4-6,9-12,16,24H,3,7-8H2/t16-/m0/s1. The first-order chi connectivity index (χ1) is 13.2. The molecule has 0 saturated heterocycles. The van der Waals surface area contributed by atoms with Gasteiger partial charge in [-0.3, -0.25) is 9.59 Å². The Morgan fingerprint density at radius 3 is 2.67 bits per heavy atom. The van der Waals surface area contributed by atoms with Gasteiger partial charge < -0.3 is 23.4 Å². The summed E-state index contributed by atoms with van der Waals surface area (Å²) in [5, 5.41) is 10.4. The van der Waals surface area contributed by atoms with Gasteiger partial charge in [0.15, 0.2) is 11.5 Å². The Morgan fingerprint density at radius 1 is 1.19 bits per heavy atom. The Morgan fingerprint density at radius 2 is 2.00 bits per heavy atom. The first kappa shape index (κ1) is 16.9. The molecule has 0 spiro atoms. The molecule has 3 aromatic heterocycles. The second-order valence-electron chi connectivity index (χ2n) is 6.14. The number of aryl methyl sites for hydroxylation is 1. The Kier molecular flexibility index (Phi) is 4.37. The minimum absolute atomic E-state index is 0.0347. The lowest BCUT2D eigenvalue weighted by Gasteiger charge is -2.24. The van der Waals surface area contributed by atoms with E-state index in [9.17, 15) is 14.7 Å². The normalized spacial score (nSPS) is 17.1. The number of furan rings is 2. The quantitative estimate of drug-likeness (QED) is 0.644. The second kappa shape index (κ2) is 6.99. The van der Waals surface area contributed by atoms with Crippen LogP contribution in [0.2, 0.25) is 0 Å². The Bertz CT molecular complexity index is 955. The Balaban J connectivity index is 1.62. The van der Waals surface area contributed by atoms with Gasteiger partial charge in [-0.05, 0) is 30.7 Å². The molecule has 8 nitrogen and oxygen atoms in total. The van der Waals surface area contributed by atoms with Gasteiger partial charge in [0.1, 0.15) is 11.8 Å². The number of nitrogens with zero attached hydrogens (tertiary/aromatic N) is 3. The van der Waals surface area contributed by atoms with Gasteiger partial charge in [0, 0.05) is 25.5 Å². The van der Waals surface area contributed by atoms with Crippen LogP contribution in [0.4, 0.5) is 0 Å². The van der Waals surface area contributed by atoms with E-state index < -0.39 is 23.5 Å². The average Bonchev–Trinajstić information content (AvgIpc) is 3.45. The van der Waals surface area contributed by atoms with Gasteiger partial charge in [0.25, 0.3) is 5.91 Å². The topological polar surface area (TPSA) is 102 Å². The van der Waals surface area contributed by atoms with Crippen LogP contribution in [0.15, 0.2) is 75.7 Å². The summed E-state index contributed by atoms with van der Waals surface area (Å²) in [6, 6.07) is 5.62. The molecule has 0 aromatic carbocycles. The maximum atomic E-state index is 12.8. The van der Waals surface area contributed by atoms with E-state index in [0.29, 0.717) is 25.3 Å². The predicted octanol–water partition coefficient (Wildman–Crippen LogP) is 2.74. The molecule has 1 aliphatic rings. The van der Waals surface area contributed by atoms with E-state index in [1.165, 1.54) is 23.5 Å². The van der Waals surface area contributed by atoms with E-state index >= 15 is 0 Å². The molecule has 0 radical (unpaired) electrons. The van der Waals surface area contributed by atoms with Crippen molar-refractivity contribution in [3.8, 4) is 0 Å². The van der Waals surface area contributed by atoms with Crippen molar-refractivity contribution in [3.05, 3.63) is 78.4 Å². The van der Waals surface area contributed by atoms with Crippen molar-refractivity contribution in [2.24, 2.45) is 0 Å². The van der Waals surface area contributed by atoms with E-state index in [0.717, 1.165) is 0 Å². The smallest absolute Gasteiger partial charge is 0.290 e. The highest BCUT2D eigenvalue weighted by Crippen LogP contribution is 2.39. The van der Waals surface area contributed by atoms with Crippen molar-refractivity contribution in [2.45, 2.75) is 19.0 Å². The number of hydrogen-bond donors (Lipinski definition) is 1. The van der Waals surface area contributed by atoms with Gasteiger partial charge in [-0.15, -0.1) is 0 Å². The highest BCUT2D eigenvalue weighted by molar-refractivity contribution is 6.14. The summed E-state index contributed by atoms with van der Waals surface area (Å²) in [6.07, 6.45) is 8.66. The first-order valence-corrected chi connectivity index (χ1v) is 8.48. The number of carbonyl (C=O) groups is 2. The third-order valence-electron chi connectivity index (χ3n) is 4.48. The molecule has 0 saturated carbocycles. The first-order valence-electron chi connectivity index (χ1n) is 8.48. The molecule has 1 aliphatic heterocycles. The summed E-state index contributed by atoms with van der Waals surface area (Å²) in [7, 11) is 0. The van der Waals surface area contributed by atoms with E-state index in [1.807, 2.05) is 10.8 Å². The van der Waals surface area contributed by atoms with Crippen LogP contribution in [0, 0.1) is 0 Å². The van der Waals surface area contributed by atoms with Crippen LogP contribution in [0.5, 0.6) is 0 Å². The van der Waals surface area contributed by atoms with Gasteiger partial charge in [-0.1, -0.05) is 0 Å². The third-order valence-corrected chi connectivity index (χ3v) is 4.48. The number of amides is 1. The van der Waals surface area contributed by atoms with Crippen LogP contribution >= 0.6 is 0 Å². The molecule has 0 aliphatic carbocycles. The zero-order valence-electron chi connectivity index (χ0n) is 14.3. The summed E-state index contributed by atoms with van der Waals surface area (Å²) < 4.78 is 12.5. The van der Waals surface area contributed by atoms with Crippen molar-refractivity contribution in [2.75, 3.05) is 6.54 Å². The molecular weight excluding hydrogens is 350 g/mol. The molecule has 1 atom stereocenters. The molecule has 138 valence electrons. The van der Waals surface area contributed by atoms with E-state index in [-0.39, 0.29) is 11.3 Å². The molecule has 8 heteroatoms. The lowest BCUT2D eigenvalue weighted by atomic mass is 9.99. The highest BCUT2D eigenvalue weighted by atomic mass is 16.3. The average molecular weight is 367 g/mol. The number of Topliss-reactive ketones (excluding diaryl/α,β-unsaturated/α-hetero) is 1. The Hall–Kier alpha value is -3.55. The lowest BCUT2D eigenvalue weighted by Crippen LogP contribution is -2.32. The monoisotopic (exact) mass is 367 g/mol. The highest BCUT2D eigenvalue weighted by Gasteiger charge is 2.45. The summed E-state index contributed by atoms with van der Waals surface area (Å²) >= 11 is 0. The summed E-state index contributed by atoms with van der Waals surface area (Å²) in [6.45, 7) is 0.984. The van der Waals surface area contributed by atoms with Crippen LogP contribution in [0.3, 0.4) is 0 Å². The molecule has 4 heterocycles. The van der Waals surface area contributed by atoms with Crippen molar-refractivity contribution >= 4 is 11.7 Å². The fourth-order valence-electron chi connectivity index (χ4n) is 3.24. The molecule has 4 rings (SSSR count). The van der Waals surface area contributed by atoms with Gasteiger partial charge >= 0.3 is 0 Å². The van der Waals surface area contributed by atoms with E-state index in [1.54, 1.807) is 30.7 Å². The van der Waals surface area contributed by atoms with Crippen molar-refractivity contribution in [1.29, 1.82) is 0 Å². The summed E-state index contributed by atoms with van der Waals surface area (Å²) in [5.41, 5.74) is -0.0347. The number of carbonyl (C=O) groups excluding carboxylic acids is 2. The molecule has 27 heavy (non-hydrogen) atoms. The number of ketones is 1. The molecule has 1 amide bonds. The van der Waals surface area contributed by atoms with Crippen LogP contribution < -0.4 is 0 Å². The third kappa shape index (κ3) is 3.05. The number of aromatic nitrogens is 2. The van der Waals surface area contributed by atoms with Crippen LogP contribution in [0.25, 0.3) is 0 Å². The minimum atomic E-state index is -0.798.